The molecule has 6 nitrogen and oxygen atoms in total. The molecule has 0 amide bonds. The van der Waals surface area contributed by atoms with E-state index in [9.17, 15) is 0 Å². The van der Waals surface area contributed by atoms with Crippen molar-refractivity contribution in [2.45, 2.75) is 52.2 Å². The van der Waals surface area contributed by atoms with Crippen molar-refractivity contribution in [3.8, 4) is 5.75 Å². The van der Waals surface area contributed by atoms with E-state index < -0.39 is 0 Å². The first kappa shape index (κ1) is 26.0. The first-order valence-corrected chi connectivity index (χ1v) is 10.5. The quantitative estimate of drug-likeness (QED) is 0.220. The molecule has 0 bridgehead atoms. The van der Waals surface area contributed by atoms with E-state index in [1.54, 1.807) is 7.11 Å². The minimum atomic E-state index is 0. The van der Waals surface area contributed by atoms with Crippen LogP contribution >= 0.6 is 24.0 Å². The molecule has 1 fully saturated rings. The molecule has 1 saturated heterocycles. The zero-order chi connectivity index (χ0) is 20.2. The molecule has 1 heterocycles. The van der Waals surface area contributed by atoms with Crippen molar-refractivity contribution in [2.24, 2.45) is 4.99 Å². The topological polar surface area (TPSA) is 55.3 Å². The number of rotatable bonds is 10. The van der Waals surface area contributed by atoms with Crippen LogP contribution < -0.4 is 10.1 Å². The number of aryl methyl sites for hydroxylation is 1. The van der Waals surface area contributed by atoms with Crippen molar-refractivity contribution in [2.75, 3.05) is 46.5 Å². The summed E-state index contributed by atoms with van der Waals surface area (Å²) in [6.07, 6.45) is 3.40. The largest absolute Gasteiger partial charge is 0.489 e. The highest BCUT2D eigenvalue weighted by Crippen LogP contribution is 2.15. The van der Waals surface area contributed by atoms with Gasteiger partial charge >= 0.3 is 0 Å². The summed E-state index contributed by atoms with van der Waals surface area (Å²) in [5, 5.41) is 3.42. The fourth-order valence-corrected chi connectivity index (χ4v) is 3.21. The van der Waals surface area contributed by atoms with E-state index in [-0.39, 0.29) is 30.1 Å². The number of ether oxygens (including phenoxy) is 3. The van der Waals surface area contributed by atoms with Crippen LogP contribution in [0.2, 0.25) is 0 Å². The Morgan fingerprint density at radius 2 is 1.90 bits per heavy atom. The predicted octanol–water partition coefficient (Wildman–Crippen LogP) is 3.86. The molecule has 1 aromatic rings. The highest BCUT2D eigenvalue weighted by atomic mass is 127. The Morgan fingerprint density at radius 3 is 2.52 bits per heavy atom. The van der Waals surface area contributed by atoms with E-state index in [1.807, 2.05) is 12.1 Å². The fourth-order valence-electron chi connectivity index (χ4n) is 3.21. The molecule has 2 rings (SSSR count). The van der Waals surface area contributed by atoms with Gasteiger partial charge in [0.2, 0.25) is 0 Å². The Bertz CT molecular complexity index is 575. The zero-order valence-corrected chi connectivity index (χ0v) is 20.7. The average molecular weight is 519 g/mol. The van der Waals surface area contributed by atoms with Crippen molar-refractivity contribution in [1.29, 1.82) is 0 Å². The lowest BCUT2D eigenvalue weighted by Gasteiger charge is -2.34. The Hall–Kier alpha value is -1.06. The van der Waals surface area contributed by atoms with Gasteiger partial charge in [-0.05, 0) is 52.2 Å². The molecule has 0 saturated carbocycles. The highest BCUT2D eigenvalue weighted by molar-refractivity contribution is 14.0. The van der Waals surface area contributed by atoms with E-state index in [4.69, 9.17) is 19.2 Å². The molecule has 1 N–H and O–H groups in total. The number of hydrogen-bond acceptors (Lipinski definition) is 4. The average Bonchev–Trinajstić information content (AvgIpc) is 2.71. The molecule has 0 aliphatic carbocycles. The summed E-state index contributed by atoms with van der Waals surface area (Å²) in [5.41, 5.74) is 1.23. The minimum absolute atomic E-state index is 0. The number of likely N-dealkylation sites (tertiary alicyclic amines) is 1. The number of guanidine groups is 1. The summed E-state index contributed by atoms with van der Waals surface area (Å²) < 4.78 is 17.0. The van der Waals surface area contributed by atoms with Crippen LogP contribution in [0.3, 0.4) is 0 Å². The molecule has 29 heavy (non-hydrogen) atoms. The summed E-state index contributed by atoms with van der Waals surface area (Å²) in [5.74, 6) is 1.87. The van der Waals surface area contributed by atoms with Gasteiger partial charge in [0.15, 0.2) is 5.96 Å². The maximum Gasteiger partial charge on any atom is 0.194 e. The van der Waals surface area contributed by atoms with Crippen LogP contribution in [0.25, 0.3) is 0 Å². The van der Waals surface area contributed by atoms with Gasteiger partial charge in [0.05, 0.1) is 12.6 Å². The minimum Gasteiger partial charge on any atom is -0.489 e. The van der Waals surface area contributed by atoms with Gasteiger partial charge in [-0.15, -0.1) is 24.0 Å². The lowest BCUT2D eigenvalue weighted by Crippen LogP contribution is -2.47. The van der Waals surface area contributed by atoms with Crippen molar-refractivity contribution >= 4 is 29.9 Å². The molecular weight excluding hydrogens is 481 g/mol. The highest BCUT2D eigenvalue weighted by Gasteiger charge is 2.22. The van der Waals surface area contributed by atoms with Gasteiger partial charge < -0.3 is 24.4 Å². The molecular formula is C22H38IN3O3. The lowest BCUT2D eigenvalue weighted by atomic mass is 10.1. The molecule has 0 radical (unpaired) electrons. The Morgan fingerprint density at radius 1 is 1.21 bits per heavy atom. The number of aliphatic imine (C=N–C) groups is 1. The summed E-state index contributed by atoms with van der Waals surface area (Å²) in [4.78, 5) is 7.14. The summed E-state index contributed by atoms with van der Waals surface area (Å²) in [6, 6.07) is 8.16. The predicted molar refractivity (Wildman–Crippen MR) is 130 cm³/mol. The number of halogens is 1. The van der Waals surface area contributed by atoms with Gasteiger partial charge in [-0.2, -0.15) is 0 Å². The second-order valence-corrected chi connectivity index (χ2v) is 7.34. The number of nitrogens with zero attached hydrogens (tertiary/aromatic N) is 2. The van der Waals surface area contributed by atoms with Crippen LogP contribution in [-0.4, -0.2) is 69.6 Å². The molecule has 166 valence electrons. The van der Waals surface area contributed by atoms with Crippen LogP contribution in [0.5, 0.6) is 5.75 Å². The number of methoxy groups -OCH3 is 1. The lowest BCUT2D eigenvalue weighted by molar-refractivity contribution is 0.00988. The van der Waals surface area contributed by atoms with Crippen molar-refractivity contribution in [1.82, 2.24) is 10.2 Å². The van der Waals surface area contributed by atoms with E-state index in [1.165, 1.54) is 5.56 Å². The molecule has 1 aliphatic heterocycles. The molecule has 7 heteroatoms. The number of nitrogens with one attached hydrogen (secondary N) is 1. The van der Waals surface area contributed by atoms with Crippen molar-refractivity contribution in [3.05, 3.63) is 29.8 Å². The Kier molecular flexibility index (Phi) is 13.3. The van der Waals surface area contributed by atoms with Crippen molar-refractivity contribution in [3.63, 3.8) is 0 Å². The second-order valence-electron chi connectivity index (χ2n) is 7.34. The maximum absolute atomic E-state index is 5.98. The molecule has 0 spiro atoms. The standard InChI is InChI=1S/C22H37N3O3.HI/c1-5-23-22(24-17-19(3)28-21-9-7-18(2)8-10-21)25-13-11-20(12-14-25)27-16-6-15-26-4;/h7-10,19-20H,5-6,11-17H2,1-4H3,(H,23,24);1H. The fraction of sp³-hybridized carbons (Fsp3) is 0.682. The Balaban J connectivity index is 0.00000420. The second kappa shape index (κ2) is 14.8. The normalized spacial score (nSPS) is 16.3. The van der Waals surface area contributed by atoms with E-state index in [0.29, 0.717) is 12.6 Å². The van der Waals surface area contributed by atoms with Crippen LogP contribution in [0.1, 0.15) is 38.7 Å². The van der Waals surface area contributed by atoms with E-state index in [0.717, 1.165) is 63.8 Å². The van der Waals surface area contributed by atoms with Crippen LogP contribution in [0, 0.1) is 6.92 Å². The number of hydrogen-bond donors (Lipinski definition) is 1. The monoisotopic (exact) mass is 519 g/mol. The SMILES string of the molecule is CCNC(=NCC(C)Oc1ccc(C)cc1)N1CCC(OCCCOC)CC1.I. The van der Waals surface area contributed by atoms with Crippen LogP contribution in [0.15, 0.2) is 29.3 Å². The molecule has 1 unspecified atom stereocenters. The Labute approximate surface area is 193 Å². The third kappa shape index (κ3) is 10.00. The van der Waals surface area contributed by atoms with Gasteiger partial charge in [-0.3, -0.25) is 0 Å². The van der Waals surface area contributed by atoms with Crippen LogP contribution in [0.4, 0.5) is 0 Å². The molecule has 0 aromatic heterocycles. The van der Waals surface area contributed by atoms with Gasteiger partial charge in [0.1, 0.15) is 11.9 Å². The van der Waals surface area contributed by atoms with Gasteiger partial charge in [-0.25, -0.2) is 4.99 Å². The zero-order valence-electron chi connectivity index (χ0n) is 18.4. The van der Waals surface area contributed by atoms with Gasteiger partial charge in [-0.1, -0.05) is 17.7 Å². The summed E-state index contributed by atoms with van der Waals surface area (Å²) in [6.45, 7) is 11.2. The summed E-state index contributed by atoms with van der Waals surface area (Å²) in [7, 11) is 1.73. The van der Waals surface area contributed by atoms with Gasteiger partial charge in [0, 0.05) is 40.0 Å². The number of piperidine rings is 1. The summed E-state index contributed by atoms with van der Waals surface area (Å²) >= 11 is 0. The smallest absolute Gasteiger partial charge is 0.194 e. The van der Waals surface area contributed by atoms with E-state index >= 15 is 0 Å². The third-order valence-corrected chi connectivity index (χ3v) is 4.78. The van der Waals surface area contributed by atoms with Crippen molar-refractivity contribution < 1.29 is 14.2 Å². The molecule has 1 atom stereocenters. The third-order valence-electron chi connectivity index (χ3n) is 4.78. The first-order valence-electron chi connectivity index (χ1n) is 10.5. The first-order chi connectivity index (χ1) is 13.6. The molecule has 1 aromatic carbocycles. The number of benzene rings is 1. The van der Waals surface area contributed by atoms with Crippen LogP contribution in [-0.2, 0) is 9.47 Å². The maximum atomic E-state index is 5.98. The van der Waals surface area contributed by atoms with Gasteiger partial charge in [0.25, 0.3) is 0 Å². The van der Waals surface area contributed by atoms with E-state index in [2.05, 4.69) is 43.1 Å². The molecule has 1 aliphatic rings.